The van der Waals surface area contributed by atoms with Gasteiger partial charge in [-0.1, -0.05) is 35.9 Å². The van der Waals surface area contributed by atoms with E-state index in [1.165, 1.54) is 12.5 Å². The van der Waals surface area contributed by atoms with Gasteiger partial charge >= 0.3 is 0 Å². The third-order valence-corrected chi connectivity index (χ3v) is 10.5. The Morgan fingerprint density at radius 2 is 1.30 bits per heavy atom. The molecule has 0 aliphatic rings. The van der Waals surface area contributed by atoms with Crippen molar-refractivity contribution in [1.82, 2.24) is 59.9 Å². The predicted octanol–water partition coefficient (Wildman–Crippen LogP) is 8.11. The van der Waals surface area contributed by atoms with Gasteiger partial charge in [0.1, 0.15) is 11.5 Å². The number of amides is 2. The fourth-order valence-corrected chi connectivity index (χ4v) is 6.48. The summed E-state index contributed by atoms with van der Waals surface area (Å²) < 4.78 is 5.36. The number of nitrogens with one attached hydrogen (secondary N) is 3. The predicted molar refractivity (Wildman–Crippen MR) is 273 cm³/mol. The van der Waals surface area contributed by atoms with Crippen LogP contribution in [-0.2, 0) is 30.7 Å². The third-order valence-electron chi connectivity index (χ3n) is 10.3. The maximum atomic E-state index is 12.6. The summed E-state index contributed by atoms with van der Waals surface area (Å²) in [6.45, 7) is 22.6. The summed E-state index contributed by atoms with van der Waals surface area (Å²) in [5, 5.41) is 21.9. The van der Waals surface area contributed by atoms with Gasteiger partial charge in [0.15, 0.2) is 0 Å². The average molecular weight is 956 g/mol. The van der Waals surface area contributed by atoms with Crippen LogP contribution in [0.2, 0.25) is 5.15 Å². The van der Waals surface area contributed by atoms with E-state index in [2.05, 4.69) is 56.2 Å². The van der Waals surface area contributed by atoms with Crippen LogP contribution in [0.25, 0.3) is 22.5 Å². The maximum Gasteiger partial charge on any atom is 0.254 e. The van der Waals surface area contributed by atoms with Gasteiger partial charge in [0, 0.05) is 80.6 Å². The molecule has 0 unspecified atom stereocenters. The number of hydrogen-bond donors (Lipinski definition) is 5. The number of anilines is 2. The van der Waals surface area contributed by atoms with Crippen molar-refractivity contribution in [3.63, 3.8) is 0 Å². The maximum absolute atomic E-state index is 12.6. The number of nitrogen functional groups attached to an aromatic ring is 1. The van der Waals surface area contributed by atoms with Gasteiger partial charge in [-0.3, -0.25) is 28.6 Å². The smallest absolute Gasteiger partial charge is 0.254 e. The lowest BCUT2D eigenvalue weighted by atomic mass is 10.0. The van der Waals surface area contributed by atoms with E-state index in [1.54, 1.807) is 69.7 Å². The molecule has 362 valence electrons. The van der Waals surface area contributed by atoms with Crippen molar-refractivity contribution < 1.29 is 9.59 Å². The van der Waals surface area contributed by atoms with Crippen molar-refractivity contribution in [2.24, 2.45) is 10.7 Å². The molecule has 0 bridgehead atoms. The molecule has 0 aliphatic heterocycles. The molecule has 5 aromatic heterocycles. The average Bonchev–Trinajstić information content (AvgIpc) is 4.12. The number of carbonyl (C=O) groups is 2. The highest BCUT2D eigenvalue weighted by Crippen LogP contribution is 2.24. The van der Waals surface area contributed by atoms with Crippen LogP contribution in [0.5, 0.6) is 0 Å². The number of nitrogens with two attached hydrogens (primary N) is 2. The lowest BCUT2D eigenvalue weighted by Gasteiger charge is -2.18. The first-order valence-corrected chi connectivity index (χ1v) is 22.8. The quantitative estimate of drug-likeness (QED) is 0.0544. The Kier molecular flexibility index (Phi) is 18.0. The number of rotatable bonds is 13. The van der Waals surface area contributed by atoms with Gasteiger partial charge in [0.2, 0.25) is 5.95 Å². The van der Waals surface area contributed by atoms with Crippen molar-refractivity contribution in [1.29, 1.82) is 0 Å². The standard InChI is InChI=1S/C25H32N8O.C20H22ClN5O.C5H9N3/c1-6-27-15-21(12-26)31-24-28-10-9-22(32-24)18-7-8-19(17(2)11-18)13-29-23(34)20-14-30-33(16-20)25(3,4)5;1-13-7-14(17-8-18(21)24-12-23-17)5-6-15(13)9-22-19(27)16-10-25-26(11-16)20(2,3)4;1-2-8-4-5(6)3-7-8/h7-12,14-16H,6,13,26H2,1-5H3,(H,29,34)(H,28,31,32);5-8,10-12H,9H2,1-4H3,(H,22,27);3-4H,2,6H2,1H3. The first-order valence-electron chi connectivity index (χ1n) is 22.4. The van der Waals surface area contributed by atoms with E-state index >= 15 is 0 Å². The molecule has 0 spiro atoms. The van der Waals surface area contributed by atoms with Crippen molar-refractivity contribution in [2.75, 3.05) is 17.6 Å². The van der Waals surface area contributed by atoms with Gasteiger partial charge in [-0.2, -0.15) is 15.3 Å². The molecule has 0 saturated heterocycles. The van der Waals surface area contributed by atoms with Crippen LogP contribution < -0.4 is 27.4 Å². The minimum Gasteiger partial charge on any atom is -0.403 e. The zero-order valence-electron chi connectivity index (χ0n) is 41.0. The fraction of sp³-hybridized carbons (Fsp3) is 0.320. The Bertz CT molecular complexity index is 2880. The monoisotopic (exact) mass is 955 g/mol. The Labute approximate surface area is 408 Å². The second kappa shape index (κ2) is 23.8. The molecule has 0 atom stereocenters. The van der Waals surface area contributed by atoms with Gasteiger partial charge in [-0.05, 0) is 110 Å². The molecule has 18 nitrogen and oxygen atoms in total. The van der Waals surface area contributed by atoms with E-state index in [1.807, 2.05) is 112 Å². The topological polar surface area (TPSA) is 240 Å². The summed E-state index contributed by atoms with van der Waals surface area (Å²) >= 11 is 5.93. The normalized spacial score (nSPS) is 11.6. The Balaban J connectivity index is 0.000000225. The lowest BCUT2D eigenvalue weighted by Crippen LogP contribution is -2.24. The molecule has 0 radical (unpaired) electrons. The van der Waals surface area contributed by atoms with Crippen molar-refractivity contribution in [3.8, 4) is 22.5 Å². The molecule has 0 fully saturated rings. The van der Waals surface area contributed by atoms with Crippen LogP contribution in [0, 0.1) is 13.8 Å². The summed E-state index contributed by atoms with van der Waals surface area (Å²) in [5.74, 6) is 0.138. The summed E-state index contributed by atoms with van der Waals surface area (Å²) in [6.07, 6.45) is 16.4. The molecule has 7 aromatic rings. The molecule has 2 amide bonds. The van der Waals surface area contributed by atoms with Crippen molar-refractivity contribution in [3.05, 3.63) is 149 Å². The van der Waals surface area contributed by atoms with Gasteiger partial charge in [-0.25, -0.2) is 19.9 Å². The van der Waals surface area contributed by atoms with Crippen LogP contribution in [0.15, 0.2) is 115 Å². The molecule has 69 heavy (non-hydrogen) atoms. The van der Waals surface area contributed by atoms with Crippen LogP contribution in [0.3, 0.4) is 0 Å². The zero-order valence-corrected chi connectivity index (χ0v) is 41.7. The highest BCUT2D eigenvalue weighted by Gasteiger charge is 2.18. The highest BCUT2D eigenvalue weighted by molar-refractivity contribution is 6.29. The molecule has 0 saturated carbocycles. The Hall–Kier alpha value is -7.73. The summed E-state index contributed by atoms with van der Waals surface area (Å²) in [4.78, 5) is 46.1. The van der Waals surface area contributed by atoms with E-state index < -0.39 is 0 Å². The van der Waals surface area contributed by atoms with Gasteiger partial charge in [0.25, 0.3) is 11.8 Å². The minimum absolute atomic E-state index is 0.142. The molecular formula is C50H63ClN16O2. The van der Waals surface area contributed by atoms with E-state index in [9.17, 15) is 9.59 Å². The van der Waals surface area contributed by atoms with Crippen LogP contribution in [0.1, 0.15) is 98.4 Å². The molecule has 2 aromatic carbocycles. The van der Waals surface area contributed by atoms with Gasteiger partial charge in [-0.15, -0.1) is 0 Å². The highest BCUT2D eigenvalue weighted by atomic mass is 35.5. The van der Waals surface area contributed by atoms with Crippen LogP contribution in [0.4, 0.5) is 11.6 Å². The number of hydrogen-bond acceptors (Lipinski definition) is 13. The molecule has 19 heteroatoms. The first-order chi connectivity index (χ1) is 32.8. The lowest BCUT2D eigenvalue weighted by molar-refractivity contribution is 0.0942. The SMILES string of the molecule is CCN=CC(=CN)Nc1nccc(-c2ccc(CNC(=O)c3cnn(C(C)(C)C)c3)c(C)c2)n1.CCn1cc(N)cn1.Cc1cc(-c2cc(Cl)ncn2)ccc1CNC(=O)c1cnn(C(C)(C)C)c1. The van der Waals surface area contributed by atoms with Gasteiger partial charge in [0.05, 0.1) is 63.6 Å². The number of allylic oxidation sites excluding steroid dienone is 1. The van der Waals surface area contributed by atoms with E-state index in [4.69, 9.17) is 23.1 Å². The number of aryl methyl sites for hydroxylation is 3. The number of carbonyl (C=O) groups excluding carboxylic acids is 2. The molecule has 5 heterocycles. The number of aliphatic imine (C=N–C) groups is 1. The minimum atomic E-state index is -0.174. The first kappa shape index (κ1) is 52.2. The number of benzene rings is 2. The summed E-state index contributed by atoms with van der Waals surface area (Å²) in [7, 11) is 0. The van der Waals surface area contributed by atoms with Crippen LogP contribution >= 0.6 is 11.6 Å². The molecule has 0 aliphatic carbocycles. The fourth-order valence-electron chi connectivity index (χ4n) is 6.34. The van der Waals surface area contributed by atoms with E-state index in [0.717, 1.165) is 57.0 Å². The van der Waals surface area contributed by atoms with E-state index in [0.29, 0.717) is 47.6 Å². The van der Waals surface area contributed by atoms with Crippen molar-refractivity contribution in [2.45, 2.75) is 99.9 Å². The largest absolute Gasteiger partial charge is 0.403 e. The van der Waals surface area contributed by atoms with Crippen LogP contribution in [-0.4, -0.2) is 73.9 Å². The molecule has 7 rings (SSSR count). The molecule has 7 N–H and O–H groups in total. The summed E-state index contributed by atoms with van der Waals surface area (Å²) in [5.41, 5.74) is 20.7. The Morgan fingerprint density at radius 3 is 1.74 bits per heavy atom. The Morgan fingerprint density at radius 1 is 0.739 bits per heavy atom. The number of halogens is 1. The zero-order chi connectivity index (χ0) is 50.3. The number of aromatic nitrogens is 10. The van der Waals surface area contributed by atoms with E-state index in [-0.39, 0.29) is 22.9 Å². The number of nitrogens with zero attached hydrogens (tertiary/aromatic N) is 11. The summed E-state index contributed by atoms with van der Waals surface area (Å²) in [6, 6.07) is 15.6. The van der Waals surface area contributed by atoms with Gasteiger partial charge < -0.3 is 27.4 Å². The third kappa shape index (κ3) is 15.4. The second-order valence-electron chi connectivity index (χ2n) is 17.8. The molecular weight excluding hydrogens is 892 g/mol. The van der Waals surface area contributed by atoms with Crippen molar-refractivity contribution >= 4 is 41.3 Å². The second-order valence-corrected chi connectivity index (χ2v) is 18.2.